The molecule has 0 radical (unpaired) electrons. The molecule has 0 rings (SSSR count). The molecule has 13 heavy (non-hydrogen) atoms. The van der Waals surface area contributed by atoms with E-state index in [1.165, 1.54) is 0 Å². The predicted octanol–water partition coefficient (Wildman–Crippen LogP) is 1.27. The summed E-state index contributed by atoms with van der Waals surface area (Å²) in [6.07, 6.45) is 0. The van der Waals surface area contributed by atoms with E-state index < -0.39 is 0 Å². The minimum atomic E-state index is 0.236. The smallest absolute Gasteiger partial charge is 0.146 e. The number of nitrogens with zero attached hydrogens (tertiary/aromatic N) is 1. The van der Waals surface area contributed by atoms with Gasteiger partial charge in [-0.05, 0) is 20.8 Å². The molecule has 0 amide bonds. The molecule has 1 atom stereocenters. The Morgan fingerprint density at radius 1 is 1.15 bits per heavy atom. The molecule has 0 heterocycles. The topological polar surface area (TPSA) is 30.9 Å². The van der Waals surface area contributed by atoms with Gasteiger partial charge in [-0.2, -0.15) is 5.06 Å². The van der Waals surface area contributed by atoms with Crippen LogP contribution in [0, 0.1) is 0 Å². The highest BCUT2D eigenvalue weighted by Crippen LogP contribution is 2.05. The lowest BCUT2D eigenvalue weighted by Gasteiger charge is -2.29. The van der Waals surface area contributed by atoms with Gasteiger partial charge in [-0.3, -0.25) is 0 Å². The zero-order valence-corrected chi connectivity index (χ0v) is 9.24. The van der Waals surface area contributed by atoms with Gasteiger partial charge in [0, 0.05) is 13.2 Å². The Balaban J connectivity index is 3.70. The van der Waals surface area contributed by atoms with Gasteiger partial charge in [0.15, 0.2) is 0 Å². The molecule has 1 unspecified atom stereocenters. The summed E-state index contributed by atoms with van der Waals surface area (Å²) in [5, 5.41) is 1.90. The Kier molecular flexibility index (Phi) is 7.17. The Bertz CT molecular complexity index is 119. The van der Waals surface area contributed by atoms with Crippen molar-refractivity contribution in [1.82, 2.24) is 5.06 Å². The van der Waals surface area contributed by atoms with Gasteiger partial charge in [-0.25, -0.2) is 0 Å². The Hall–Kier alpha value is -0.160. The second kappa shape index (κ2) is 7.26. The number of hydrogen-bond acceptors (Lipinski definition) is 4. The standard InChI is InChI=1S/C9H21NO3/c1-8(2)10(12-5)9(3)6-13-7-11-4/h8-9H,6-7H2,1-5H3. The summed E-state index contributed by atoms with van der Waals surface area (Å²) in [5.74, 6) is 0. The third-order valence-electron chi connectivity index (χ3n) is 1.71. The molecule has 0 spiro atoms. The van der Waals surface area contributed by atoms with Gasteiger partial charge in [0.25, 0.3) is 0 Å². The molecule has 0 aromatic rings. The lowest BCUT2D eigenvalue weighted by Crippen LogP contribution is -2.40. The van der Waals surface area contributed by atoms with Crippen LogP contribution in [-0.4, -0.2) is 44.8 Å². The first-order valence-electron chi connectivity index (χ1n) is 4.52. The van der Waals surface area contributed by atoms with Crippen LogP contribution in [-0.2, 0) is 14.3 Å². The van der Waals surface area contributed by atoms with E-state index in [-0.39, 0.29) is 6.04 Å². The van der Waals surface area contributed by atoms with E-state index in [9.17, 15) is 0 Å². The molecule has 0 aliphatic carbocycles. The maximum absolute atomic E-state index is 5.23. The SMILES string of the molecule is COCOCC(C)N(OC)C(C)C. The van der Waals surface area contributed by atoms with Gasteiger partial charge in [0.1, 0.15) is 6.79 Å². The number of hydrogen-bond donors (Lipinski definition) is 0. The highest BCUT2D eigenvalue weighted by Gasteiger charge is 2.16. The molecule has 0 aromatic heterocycles. The van der Waals surface area contributed by atoms with Crippen LogP contribution in [0.1, 0.15) is 20.8 Å². The van der Waals surface area contributed by atoms with Crippen LogP contribution < -0.4 is 0 Å². The Morgan fingerprint density at radius 3 is 2.15 bits per heavy atom. The third-order valence-corrected chi connectivity index (χ3v) is 1.71. The molecular formula is C9H21NO3. The highest BCUT2D eigenvalue weighted by molar-refractivity contribution is 4.61. The predicted molar refractivity (Wildman–Crippen MR) is 51.3 cm³/mol. The van der Waals surface area contributed by atoms with Crippen LogP contribution in [0.5, 0.6) is 0 Å². The molecule has 0 aliphatic heterocycles. The van der Waals surface area contributed by atoms with Gasteiger partial charge in [-0.1, -0.05) is 0 Å². The van der Waals surface area contributed by atoms with Crippen molar-refractivity contribution in [3.63, 3.8) is 0 Å². The van der Waals surface area contributed by atoms with E-state index in [0.717, 1.165) is 0 Å². The van der Waals surface area contributed by atoms with Crippen molar-refractivity contribution in [2.45, 2.75) is 32.9 Å². The van der Waals surface area contributed by atoms with Crippen LogP contribution in [0.15, 0.2) is 0 Å². The summed E-state index contributed by atoms with van der Waals surface area (Å²) >= 11 is 0. The van der Waals surface area contributed by atoms with Crippen molar-refractivity contribution in [1.29, 1.82) is 0 Å². The van der Waals surface area contributed by atoms with E-state index in [1.807, 2.05) is 5.06 Å². The largest absolute Gasteiger partial charge is 0.359 e. The quantitative estimate of drug-likeness (QED) is 0.344. The number of methoxy groups -OCH3 is 1. The van der Waals surface area contributed by atoms with Crippen molar-refractivity contribution >= 4 is 0 Å². The van der Waals surface area contributed by atoms with Crippen molar-refractivity contribution in [2.75, 3.05) is 27.6 Å². The lowest BCUT2D eigenvalue weighted by atomic mass is 10.3. The fourth-order valence-electron chi connectivity index (χ4n) is 1.28. The van der Waals surface area contributed by atoms with Crippen molar-refractivity contribution in [2.24, 2.45) is 0 Å². The molecule has 4 nitrogen and oxygen atoms in total. The molecule has 80 valence electrons. The molecule has 0 fully saturated rings. The van der Waals surface area contributed by atoms with Crippen LogP contribution in [0.3, 0.4) is 0 Å². The number of hydroxylamine groups is 2. The molecule has 0 saturated heterocycles. The Morgan fingerprint density at radius 2 is 1.77 bits per heavy atom. The molecular weight excluding hydrogens is 170 g/mol. The summed E-state index contributed by atoms with van der Waals surface area (Å²) in [4.78, 5) is 5.22. The zero-order chi connectivity index (χ0) is 10.3. The van der Waals surface area contributed by atoms with E-state index in [0.29, 0.717) is 19.4 Å². The number of ether oxygens (including phenoxy) is 2. The zero-order valence-electron chi connectivity index (χ0n) is 9.24. The fourth-order valence-corrected chi connectivity index (χ4v) is 1.28. The first-order valence-corrected chi connectivity index (χ1v) is 4.52. The average Bonchev–Trinajstić information content (AvgIpc) is 2.05. The normalized spacial score (nSPS) is 14.1. The van der Waals surface area contributed by atoms with Crippen LogP contribution in [0.4, 0.5) is 0 Å². The minimum Gasteiger partial charge on any atom is -0.359 e. The second-order valence-corrected chi connectivity index (χ2v) is 3.26. The maximum Gasteiger partial charge on any atom is 0.146 e. The average molecular weight is 191 g/mol. The first-order chi connectivity index (χ1) is 6.13. The number of rotatable bonds is 7. The van der Waals surface area contributed by atoms with Crippen molar-refractivity contribution < 1.29 is 14.3 Å². The fraction of sp³-hybridized carbons (Fsp3) is 1.00. The monoisotopic (exact) mass is 191 g/mol. The highest BCUT2D eigenvalue weighted by atomic mass is 16.7. The van der Waals surface area contributed by atoms with E-state index in [1.54, 1.807) is 14.2 Å². The molecule has 0 saturated carbocycles. The van der Waals surface area contributed by atoms with E-state index in [2.05, 4.69) is 20.8 Å². The molecule has 0 N–H and O–H groups in total. The third kappa shape index (κ3) is 5.21. The molecule has 4 heteroatoms. The van der Waals surface area contributed by atoms with Gasteiger partial charge < -0.3 is 14.3 Å². The molecule has 0 bridgehead atoms. The van der Waals surface area contributed by atoms with Gasteiger partial charge in [0.2, 0.25) is 0 Å². The van der Waals surface area contributed by atoms with E-state index >= 15 is 0 Å². The van der Waals surface area contributed by atoms with Crippen LogP contribution in [0.2, 0.25) is 0 Å². The summed E-state index contributed by atoms with van der Waals surface area (Å²) in [6.45, 7) is 7.16. The summed E-state index contributed by atoms with van der Waals surface area (Å²) in [7, 11) is 3.29. The van der Waals surface area contributed by atoms with Crippen molar-refractivity contribution in [3.8, 4) is 0 Å². The lowest BCUT2D eigenvalue weighted by molar-refractivity contribution is -0.195. The van der Waals surface area contributed by atoms with Gasteiger partial charge in [-0.15, -0.1) is 0 Å². The van der Waals surface area contributed by atoms with E-state index in [4.69, 9.17) is 14.3 Å². The molecule has 0 aromatic carbocycles. The maximum atomic E-state index is 5.23. The molecule has 0 aliphatic rings. The van der Waals surface area contributed by atoms with Crippen molar-refractivity contribution in [3.05, 3.63) is 0 Å². The summed E-state index contributed by atoms with van der Waals surface area (Å²) in [5.41, 5.74) is 0. The summed E-state index contributed by atoms with van der Waals surface area (Å²) in [6, 6.07) is 0.589. The van der Waals surface area contributed by atoms with Crippen LogP contribution >= 0.6 is 0 Å². The van der Waals surface area contributed by atoms with Gasteiger partial charge >= 0.3 is 0 Å². The van der Waals surface area contributed by atoms with Crippen LogP contribution in [0.25, 0.3) is 0 Å². The summed E-state index contributed by atoms with van der Waals surface area (Å²) < 4.78 is 10.0. The Labute approximate surface area is 80.7 Å². The second-order valence-electron chi connectivity index (χ2n) is 3.26. The van der Waals surface area contributed by atoms with Gasteiger partial charge in [0.05, 0.1) is 19.8 Å². The first kappa shape index (κ1) is 12.8. The minimum absolute atomic E-state index is 0.236.